The van der Waals surface area contributed by atoms with E-state index < -0.39 is 17.8 Å². The fraction of sp³-hybridized carbons (Fsp3) is 0.520. The molecule has 200 valence electrons. The van der Waals surface area contributed by atoms with E-state index in [0.29, 0.717) is 24.5 Å². The first-order chi connectivity index (χ1) is 17.5. The third-order valence-corrected chi connectivity index (χ3v) is 6.83. The number of halogens is 3. The molecule has 37 heavy (non-hydrogen) atoms. The molecule has 2 aliphatic heterocycles. The largest absolute Gasteiger partial charge is 0.446 e. The van der Waals surface area contributed by atoms with Crippen molar-refractivity contribution < 1.29 is 27.5 Å². The highest BCUT2D eigenvalue weighted by Gasteiger charge is 2.37. The zero-order valence-electron chi connectivity index (χ0n) is 20.8. The van der Waals surface area contributed by atoms with Crippen LogP contribution in [0.1, 0.15) is 48.3 Å². The first-order valence-electron chi connectivity index (χ1n) is 12.3. The van der Waals surface area contributed by atoms with Crippen LogP contribution < -0.4 is 10.6 Å². The van der Waals surface area contributed by atoms with Gasteiger partial charge in [-0.05, 0) is 44.4 Å². The Morgan fingerprint density at radius 1 is 1.03 bits per heavy atom. The molecule has 4 rings (SSSR count). The molecule has 2 atom stereocenters. The summed E-state index contributed by atoms with van der Waals surface area (Å²) < 4.78 is 44.2. The van der Waals surface area contributed by atoms with E-state index in [4.69, 9.17) is 10.5 Å². The van der Waals surface area contributed by atoms with Crippen molar-refractivity contribution in [1.29, 1.82) is 0 Å². The van der Waals surface area contributed by atoms with Gasteiger partial charge >= 0.3 is 12.3 Å². The molecule has 2 aliphatic rings. The summed E-state index contributed by atoms with van der Waals surface area (Å²) >= 11 is 0. The zero-order valence-corrected chi connectivity index (χ0v) is 20.8. The molecule has 0 radical (unpaired) electrons. The maximum atomic E-state index is 13.0. The number of nitrogens with zero attached hydrogens (tertiary/aromatic N) is 5. The van der Waals surface area contributed by atoms with Gasteiger partial charge in [-0.2, -0.15) is 13.2 Å². The maximum absolute atomic E-state index is 13.0. The summed E-state index contributed by atoms with van der Waals surface area (Å²) in [5.74, 6) is -0.108. The first kappa shape index (κ1) is 26.6. The van der Waals surface area contributed by atoms with Crippen LogP contribution in [0.25, 0.3) is 0 Å². The third-order valence-electron chi connectivity index (χ3n) is 6.83. The second kappa shape index (κ2) is 10.9. The number of anilines is 1. The number of amides is 2. The summed E-state index contributed by atoms with van der Waals surface area (Å²) in [7, 11) is 0. The van der Waals surface area contributed by atoms with Crippen LogP contribution in [-0.4, -0.2) is 76.1 Å². The monoisotopic (exact) mass is 520 g/mol. The number of primary amides is 1. The van der Waals surface area contributed by atoms with Crippen LogP contribution in [0, 0.1) is 0 Å². The van der Waals surface area contributed by atoms with Crippen LogP contribution in [-0.2, 0) is 17.5 Å². The number of carbonyl (C=O) groups excluding carboxylic acids is 2. The molecule has 2 amide bonds. The standard InChI is InChI=1S/C25H31F3N6O3/c1-16-13-33(22-12-30-21(11-31-22)25(26,27)28)14-17(2)34(16)24(36)37-20-7-9-32(10-8-20)15-18-3-5-19(6-4-18)23(29)35/h3-6,11-12,16-17,20H,7-10,13-15H2,1-2H3,(H2,29,35)/t16-,17-/m1/s1. The number of hydrogen-bond donors (Lipinski definition) is 1. The summed E-state index contributed by atoms with van der Waals surface area (Å²) in [5.41, 5.74) is 5.81. The molecule has 0 unspecified atom stereocenters. The average molecular weight is 521 g/mol. The SMILES string of the molecule is C[C@@H]1CN(c2cnc(C(F)(F)F)cn2)C[C@@H](C)N1C(=O)OC1CCN(Cc2ccc(C(N)=O)cc2)CC1. The highest BCUT2D eigenvalue weighted by atomic mass is 19.4. The zero-order chi connectivity index (χ0) is 26.7. The number of carbonyl (C=O) groups is 2. The van der Waals surface area contributed by atoms with E-state index in [2.05, 4.69) is 14.9 Å². The van der Waals surface area contributed by atoms with Crippen molar-refractivity contribution in [2.24, 2.45) is 5.73 Å². The van der Waals surface area contributed by atoms with Crippen molar-refractivity contribution in [3.63, 3.8) is 0 Å². The number of likely N-dealkylation sites (tertiary alicyclic amines) is 1. The highest BCUT2D eigenvalue weighted by Crippen LogP contribution is 2.28. The van der Waals surface area contributed by atoms with Crippen LogP contribution >= 0.6 is 0 Å². The van der Waals surface area contributed by atoms with Gasteiger partial charge in [0, 0.05) is 38.3 Å². The number of piperazine rings is 1. The number of hydrogen-bond acceptors (Lipinski definition) is 7. The predicted octanol–water partition coefficient (Wildman–Crippen LogP) is 3.29. The van der Waals surface area contributed by atoms with E-state index in [0.717, 1.165) is 50.4 Å². The van der Waals surface area contributed by atoms with Gasteiger partial charge in [-0.15, -0.1) is 0 Å². The van der Waals surface area contributed by atoms with Crippen molar-refractivity contribution >= 4 is 17.8 Å². The van der Waals surface area contributed by atoms with Gasteiger partial charge in [-0.3, -0.25) is 14.6 Å². The van der Waals surface area contributed by atoms with Gasteiger partial charge in [-0.25, -0.2) is 14.8 Å². The molecule has 9 nitrogen and oxygen atoms in total. The Balaban J connectivity index is 1.26. The van der Waals surface area contributed by atoms with E-state index in [1.807, 2.05) is 30.9 Å². The number of benzene rings is 1. The topological polar surface area (TPSA) is 105 Å². The molecule has 2 fully saturated rings. The molecule has 0 saturated carbocycles. The van der Waals surface area contributed by atoms with E-state index in [1.165, 1.54) is 0 Å². The predicted molar refractivity (Wildman–Crippen MR) is 130 cm³/mol. The smallest absolute Gasteiger partial charge is 0.434 e. The first-order valence-corrected chi connectivity index (χ1v) is 12.3. The van der Waals surface area contributed by atoms with Crippen molar-refractivity contribution in [3.8, 4) is 0 Å². The second-order valence-electron chi connectivity index (χ2n) is 9.69. The van der Waals surface area contributed by atoms with E-state index >= 15 is 0 Å². The Kier molecular flexibility index (Phi) is 7.86. The Morgan fingerprint density at radius 2 is 1.65 bits per heavy atom. The maximum Gasteiger partial charge on any atom is 0.434 e. The van der Waals surface area contributed by atoms with Crippen LogP contribution in [0.15, 0.2) is 36.7 Å². The molecular weight excluding hydrogens is 489 g/mol. The summed E-state index contributed by atoms with van der Waals surface area (Å²) in [6, 6.07) is 6.79. The Labute approximate surface area is 213 Å². The van der Waals surface area contributed by atoms with Gasteiger partial charge in [-0.1, -0.05) is 12.1 Å². The lowest BCUT2D eigenvalue weighted by Crippen LogP contribution is -2.59. The van der Waals surface area contributed by atoms with Crippen LogP contribution in [0.2, 0.25) is 0 Å². The summed E-state index contributed by atoms with van der Waals surface area (Å²) in [5, 5.41) is 0. The summed E-state index contributed by atoms with van der Waals surface area (Å²) in [6.07, 6.45) is -1.81. The van der Waals surface area contributed by atoms with Crippen molar-refractivity contribution in [3.05, 3.63) is 53.5 Å². The Morgan fingerprint density at radius 3 is 2.16 bits per heavy atom. The molecular formula is C25H31F3N6O3. The van der Waals surface area contributed by atoms with Crippen molar-refractivity contribution in [2.75, 3.05) is 31.1 Å². The molecule has 1 aromatic carbocycles. The number of piperidine rings is 1. The van der Waals surface area contributed by atoms with Crippen molar-refractivity contribution in [2.45, 2.75) is 57.6 Å². The molecule has 0 spiro atoms. The summed E-state index contributed by atoms with van der Waals surface area (Å²) in [4.78, 5) is 37.5. The number of ether oxygens (including phenoxy) is 1. The molecule has 2 saturated heterocycles. The Hall–Kier alpha value is -3.41. The van der Waals surface area contributed by atoms with Gasteiger partial charge < -0.3 is 15.4 Å². The minimum Gasteiger partial charge on any atom is -0.446 e. The average Bonchev–Trinajstić information content (AvgIpc) is 2.84. The Bertz CT molecular complexity index is 1080. The number of alkyl halides is 3. The molecule has 0 bridgehead atoms. The van der Waals surface area contributed by atoms with Gasteiger partial charge in [0.1, 0.15) is 11.9 Å². The van der Waals surface area contributed by atoms with E-state index in [-0.39, 0.29) is 24.3 Å². The fourth-order valence-electron chi connectivity index (χ4n) is 4.92. The number of nitrogens with two attached hydrogens (primary N) is 1. The van der Waals surface area contributed by atoms with Gasteiger partial charge in [0.15, 0.2) is 5.69 Å². The van der Waals surface area contributed by atoms with Crippen LogP contribution in [0.5, 0.6) is 0 Å². The van der Waals surface area contributed by atoms with E-state index in [1.54, 1.807) is 17.0 Å². The van der Waals surface area contributed by atoms with Crippen molar-refractivity contribution in [1.82, 2.24) is 19.8 Å². The number of aromatic nitrogens is 2. The lowest BCUT2D eigenvalue weighted by atomic mass is 10.1. The number of rotatable bonds is 5. The lowest BCUT2D eigenvalue weighted by Gasteiger charge is -2.44. The molecule has 12 heteroatoms. The van der Waals surface area contributed by atoms with Gasteiger partial charge in [0.25, 0.3) is 0 Å². The lowest BCUT2D eigenvalue weighted by molar-refractivity contribution is -0.141. The summed E-state index contributed by atoms with van der Waals surface area (Å²) in [6.45, 7) is 6.88. The van der Waals surface area contributed by atoms with Crippen LogP contribution in [0.3, 0.4) is 0 Å². The van der Waals surface area contributed by atoms with Gasteiger partial charge in [0.05, 0.1) is 24.5 Å². The van der Waals surface area contributed by atoms with Gasteiger partial charge in [0.2, 0.25) is 5.91 Å². The highest BCUT2D eigenvalue weighted by molar-refractivity contribution is 5.92. The normalized spacial score (nSPS) is 21.6. The molecule has 1 aromatic heterocycles. The fourth-order valence-corrected chi connectivity index (χ4v) is 4.92. The minimum absolute atomic E-state index is 0.181. The van der Waals surface area contributed by atoms with Crippen LogP contribution in [0.4, 0.5) is 23.8 Å². The second-order valence-corrected chi connectivity index (χ2v) is 9.69. The van der Waals surface area contributed by atoms with E-state index in [9.17, 15) is 22.8 Å². The molecule has 2 aromatic rings. The quantitative estimate of drug-likeness (QED) is 0.645. The molecule has 0 aliphatic carbocycles. The molecule has 3 heterocycles. The molecule has 2 N–H and O–H groups in total. The minimum atomic E-state index is -4.54. The third kappa shape index (κ3) is 6.48.